The minimum absolute atomic E-state index is 0.0749. The first-order valence-electron chi connectivity index (χ1n) is 7.32. The number of nitrogens with one attached hydrogen (secondary N) is 1. The number of benzene rings is 1. The van der Waals surface area contributed by atoms with Crippen LogP contribution >= 0.6 is 0 Å². The lowest BCUT2D eigenvalue weighted by atomic mass is 10.0. The molecule has 1 aliphatic heterocycles. The summed E-state index contributed by atoms with van der Waals surface area (Å²) >= 11 is 0. The SMILES string of the molecule is COc1ccc(C(CNS(C)(=O)=O)N2CCCCC2)cc1. The smallest absolute Gasteiger partial charge is 0.208 e. The number of methoxy groups -OCH3 is 1. The summed E-state index contributed by atoms with van der Waals surface area (Å²) in [6, 6.07) is 7.95. The first-order valence-corrected chi connectivity index (χ1v) is 9.21. The summed E-state index contributed by atoms with van der Waals surface area (Å²) < 4.78 is 30.6. The predicted octanol–water partition coefficient (Wildman–Crippen LogP) is 1.77. The van der Waals surface area contributed by atoms with E-state index in [1.807, 2.05) is 24.3 Å². The van der Waals surface area contributed by atoms with Gasteiger partial charge in [0.2, 0.25) is 10.0 Å². The Morgan fingerprint density at radius 3 is 2.33 bits per heavy atom. The highest BCUT2D eigenvalue weighted by Crippen LogP contribution is 2.25. The highest BCUT2D eigenvalue weighted by atomic mass is 32.2. The summed E-state index contributed by atoms with van der Waals surface area (Å²) in [6.07, 6.45) is 4.80. The van der Waals surface area contributed by atoms with E-state index in [1.165, 1.54) is 25.5 Å². The summed E-state index contributed by atoms with van der Waals surface area (Å²) in [4.78, 5) is 2.36. The lowest BCUT2D eigenvalue weighted by Gasteiger charge is -2.35. The zero-order chi connectivity index (χ0) is 15.3. The fourth-order valence-electron chi connectivity index (χ4n) is 2.74. The molecule has 0 spiro atoms. The van der Waals surface area contributed by atoms with Gasteiger partial charge < -0.3 is 4.74 Å². The molecule has 0 amide bonds. The minimum Gasteiger partial charge on any atom is -0.497 e. The fourth-order valence-corrected chi connectivity index (χ4v) is 3.20. The number of nitrogens with zero attached hydrogens (tertiary/aromatic N) is 1. The van der Waals surface area contributed by atoms with Crippen molar-refractivity contribution in [2.45, 2.75) is 25.3 Å². The van der Waals surface area contributed by atoms with Crippen LogP contribution in [-0.2, 0) is 10.0 Å². The van der Waals surface area contributed by atoms with Crippen molar-refractivity contribution in [3.63, 3.8) is 0 Å². The van der Waals surface area contributed by atoms with E-state index in [-0.39, 0.29) is 6.04 Å². The van der Waals surface area contributed by atoms with Crippen molar-refractivity contribution < 1.29 is 13.2 Å². The molecule has 1 fully saturated rings. The largest absolute Gasteiger partial charge is 0.497 e. The molecule has 0 radical (unpaired) electrons. The summed E-state index contributed by atoms with van der Waals surface area (Å²) in [5.74, 6) is 0.812. The molecular weight excluding hydrogens is 288 g/mol. The Balaban J connectivity index is 2.16. The molecule has 118 valence electrons. The van der Waals surface area contributed by atoms with Gasteiger partial charge in [0.05, 0.1) is 13.4 Å². The highest BCUT2D eigenvalue weighted by Gasteiger charge is 2.23. The van der Waals surface area contributed by atoms with Gasteiger partial charge in [-0.05, 0) is 43.6 Å². The molecule has 1 aliphatic rings. The van der Waals surface area contributed by atoms with Crippen LogP contribution in [0, 0.1) is 0 Å². The van der Waals surface area contributed by atoms with E-state index in [4.69, 9.17) is 4.74 Å². The van der Waals surface area contributed by atoms with Crippen molar-refractivity contribution in [3.8, 4) is 5.75 Å². The molecule has 21 heavy (non-hydrogen) atoms. The Bertz CT molecular complexity index is 537. The molecule has 1 atom stereocenters. The van der Waals surface area contributed by atoms with Gasteiger partial charge in [-0.25, -0.2) is 13.1 Å². The number of piperidine rings is 1. The quantitative estimate of drug-likeness (QED) is 0.870. The van der Waals surface area contributed by atoms with E-state index >= 15 is 0 Å². The van der Waals surface area contributed by atoms with Crippen molar-refractivity contribution >= 4 is 10.0 Å². The van der Waals surface area contributed by atoms with Crippen molar-refractivity contribution in [2.75, 3.05) is 33.0 Å². The maximum Gasteiger partial charge on any atom is 0.208 e. The van der Waals surface area contributed by atoms with Gasteiger partial charge in [0.1, 0.15) is 5.75 Å². The highest BCUT2D eigenvalue weighted by molar-refractivity contribution is 7.88. The molecule has 1 N–H and O–H groups in total. The lowest BCUT2D eigenvalue weighted by Crippen LogP contribution is -2.40. The van der Waals surface area contributed by atoms with Crippen LogP contribution in [0.15, 0.2) is 24.3 Å². The Hall–Kier alpha value is -1.11. The van der Waals surface area contributed by atoms with Gasteiger partial charge in [-0.3, -0.25) is 4.90 Å². The molecule has 2 rings (SSSR count). The topological polar surface area (TPSA) is 58.6 Å². The third-order valence-electron chi connectivity index (χ3n) is 3.87. The second-order valence-electron chi connectivity index (χ2n) is 5.51. The second-order valence-corrected chi connectivity index (χ2v) is 7.34. The van der Waals surface area contributed by atoms with Gasteiger partial charge in [-0.1, -0.05) is 18.6 Å². The van der Waals surface area contributed by atoms with E-state index in [9.17, 15) is 8.42 Å². The van der Waals surface area contributed by atoms with Gasteiger partial charge in [0, 0.05) is 12.6 Å². The van der Waals surface area contributed by atoms with E-state index < -0.39 is 10.0 Å². The third-order valence-corrected chi connectivity index (χ3v) is 4.56. The number of sulfonamides is 1. The summed E-state index contributed by atoms with van der Waals surface area (Å²) in [5, 5.41) is 0. The molecule has 0 aliphatic carbocycles. The average Bonchev–Trinajstić information content (AvgIpc) is 2.48. The molecule has 0 saturated carbocycles. The Morgan fingerprint density at radius 2 is 1.81 bits per heavy atom. The van der Waals surface area contributed by atoms with Crippen LogP contribution < -0.4 is 9.46 Å². The molecule has 1 aromatic carbocycles. The van der Waals surface area contributed by atoms with Gasteiger partial charge >= 0.3 is 0 Å². The zero-order valence-electron chi connectivity index (χ0n) is 12.7. The Kier molecular flexibility index (Phi) is 5.61. The summed E-state index contributed by atoms with van der Waals surface area (Å²) in [5.41, 5.74) is 1.12. The lowest BCUT2D eigenvalue weighted by molar-refractivity contribution is 0.164. The summed E-state index contributed by atoms with van der Waals surface area (Å²) in [6.45, 7) is 2.44. The van der Waals surface area contributed by atoms with Crippen LogP contribution in [0.25, 0.3) is 0 Å². The third kappa shape index (κ3) is 4.98. The molecular formula is C15H24N2O3S. The van der Waals surface area contributed by atoms with Crippen LogP contribution in [-0.4, -0.2) is 46.3 Å². The van der Waals surface area contributed by atoms with Crippen LogP contribution in [0.2, 0.25) is 0 Å². The zero-order valence-corrected chi connectivity index (χ0v) is 13.5. The van der Waals surface area contributed by atoms with Crippen molar-refractivity contribution in [1.29, 1.82) is 0 Å². The fraction of sp³-hybridized carbons (Fsp3) is 0.600. The van der Waals surface area contributed by atoms with Gasteiger partial charge in [-0.15, -0.1) is 0 Å². The number of hydrogen-bond donors (Lipinski definition) is 1. The molecule has 1 heterocycles. The predicted molar refractivity (Wildman–Crippen MR) is 84.0 cm³/mol. The van der Waals surface area contributed by atoms with Gasteiger partial charge in [0.15, 0.2) is 0 Å². The number of ether oxygens (including phenoxy) is 1. The van der Waals surface area contributed by atoms with Gasteiger partial charge in [0.25, 0.3) is 0 Å². The van der Waals surface area contributed by atoms with E-state index in [2.05, 4.69) is 9.62 Å². The van der Waals surface area contributed by atoms with E-state index in [0.717, 1.165) is 24.4 Å². The van der Waals surface area contributed by atoms with E-state index in [0.29, 0.717) is 6.54 Å². The molecule has 0 aromatic heterocycles. The molecule has 1 aromatic rings. The first kappa shape index (κ1) is 16.3. The maximum atomic E-state index is 11.4. The van der Waals surface area contributed by atoms with Crippen LogP contribution in [0.1, 0.15) is 30.9 Å². The molecule has 1 unspecified atom stereocenters. The Labute approximate surface area is 127 Å². The second kappa shape index (κ2) is 7.24. The summed E-state index contributed by atoms with van der Waals surface area (Å²) in [7, 11) is -1.54. The standard InChI is InChI=1S/C15H24N2O3S/c1-20-14-8-6-13(7-9-14)15(12-16-21(2,18)19)17-10-4-3-5-11-17/h6-9,15-16H,3-5,10-12H2,1-2H3. The van der Waals surface area contributed by atoms with Crippen LogP contribution in [0.4, 0.5) is 0 Å². The van der Waals surface area contributed by atoms with Crippen molar-refractivity contribution in [1.82, 2.24) is 9.62 Å². The number of rotatable bonds is 6. The van der Waals surface area contributed by atoms with Crippen molar-refractivity contribution in [2.24, 2.45) is 0 Å². The monoisotopic (exact) mass is 312 g/mol. The minimum atomic E-state index is -3.18. The molecule has 1 saturated heterocycles. The van der Waals surface area contributed by atoms with Gasteiger partial charge in [-0.2, -0.15) is 0 Å². The van der Waals surface area contributed by atoms with Crippen molar-refractivity contribution in [3.05, 3.63) is 29.8 Å². The van der Waals surface area contributed by atoms with Crippen LogP contribution in [0.3, 0.4) is 0 Å². The average molecular weight is 312 g/mol. The van der Waals surface area contributed by atoms with E-state index in [1.54, 1.807) is 7.11 Å². The Morgan fingerprint density at radius 1 is 1.19 bits per heavy atom. The first-order chi connectivity index (χ1) is 9.99. The maximum absolute atomic E-state index is 11.4. The number of likely N-dealkylation sites (tertiary alicyclic amines) is 1. The molecule has 0 bridgehead atoms. The molecule has 5 nitrogen and oxygen atoms in total. The molecule has 6 heteroatoms. The number of hydrogen-bond acceptors (Lipinski definition) is 4. The normalized spacial score (nSPS) is 18.4. The van der Waals surface area contributed by atoms with Crippen LogP contribution in [0.5, 0.6) is 5.75 Å².